The molecule has 0 bridgehead atoms. The Labute approximate surface area is 142 Å². The summed E-state index contributed by atoms with van der Waals surface area (Å²) in [6.07, 6.45) is 6.91. The lowest BCUT2D eigenvalue weighted by Crippen LogP contribution is -2.38. The highest BCUT2D eigenvalue weighted by Crippen LogP contribution is 2.24. The van der Waals surface area contributed by atoms with Gasteiger partial charge in [0, 0.05) is 19.7 Å². The van der Waals surface area contributed by atoms with Crippen molar-refractivity contribution in [2.24, 2.45) is 0 Å². The van der Waals surface area contributed by atoms with Crippen LogP contribution in [-0.4, -0.2) is 67.6 Å². The van der Waals surface area contributed by atoms with E-state index < -0.39 is 0 Å². The van der Waals surface area contributed by atoms with Gasteiger partial charge < -0.3 is 14.5 Å². The van der Waals surface area contributed by atoms with E-state index in [1.165, 1.54) is 11.8 Å². The summed E-state index contributed by atoms with van der Waals surface area (Å²) in [4.78, 5) is 13.0. The van der Waals surface area contributed by atoms with E-state index in [2.05, 4.69) is 39.9 Å². The molecule has 2 heterocycles. The standard InChI is InChI=1S/C16H25N5OS/c1-20(2)7-4-10-22-14-5-8-21(9-6-14)15-13(11-17)12-18-16(19-15)23-3/h12,14H,4-10H2,1-3H3. The van der Waals surface area contributed by atoms with Crippen LogP contribution in [0.25, 0.3) is 0 Å². The fourth-order valence-electron chi connectivity index (χ4n) is 2.64. The lowest BCUT2D eigenvalue weighted by Gasteiger charge is -2.33. The number of nitriles is 1. The number of hydrogen-bond acceptors (Lipinski definition) is 7. The van der Waals surface area contributed by atoms with E-state index in [1.807, 2.05) is 6.26 Å². The second kappa shape index (κ2) is 9.06. The van der Waals surface area contributed by atoms with Gasteiger partial charge in [0.2, 0.25) is 0 Å². The molecule has 0 atom stereocenters. The molecule has 0 saturated carbocycles. The van der Waals surface area contributed by atoms with Crippen LogP contribution in [0.4, 0.5) is 5.82 Å². The zero-order valence-electron chi connectivity index (χ0n) is 14.2. The van der Waals surface area contributed by atoms with Crippen molar-refractivity contribution in [3.8, 4) is 6.07 Å². The van der Waals surface area contributed by atoms with Gasteiger partial charge >= 0.3 is 0 Å². The van der Waals surface area contributed by atoms with Crippen LogP contribution >= 0.6 is 11.8 Å². The normalized spacial score (nSPS) is 15.9. The molecular weight excluding hydrogens is 310 g/mol. The second-order valence-electron chi connectivity index (χ2n) is 5.92. The van der Waals surface area contributed by atoms with Crippen molar-refractivity contribution in [1.82, 2.24) is 14.9 Å². The van der Waals surface area contributed by atoms with Gasteiger partial charge in [0.1, 0.15) is 11.6 Å². The van der Waals surface area contributed by atoms with E-state index in [1.54, 1.807) is 6.20 Å². The van der Waals surface area contributed by atoms with Gasteiger partial charge in [-0.15, -0.1) is 0 Å². The van der Waals surface area contributed by atoms with Crippen molar-refractivity contribution in [2.75, 3.05) is 51.5 Å². The maximum absolute atomic E-state index is 9.26. The summed E-state index contributed by atoms with van der Waals surface area (Å²) in [7, 11) is 4.16. The predicted molar refractivity (Wildman–Crippen MR) is 92.9 cm³/mol. The highest BCUT2D eigenvalue weighted by molar-refractivity contribution is 7.98. The molecule has 0 unspecified atom stereocenters. The van der Waals surface area contributed by atoms with Crippen molar-refractivity contribution >= 4 is 17.6 Å². The molecule has 1 aliphatic rings. The molecule has 0 aromatic carbocycles. The van der Waals surface area contributed by atoms with Crippen LogP contribution in [0.3, 0.4) is 0 Å². The molecule has 2 rings (SSSR count). The summed E-state index contributed by atoms with van der Waals surface area (Å²) in [5.41, 5.74) is 0.549. The molecule has 0 aliphatic carbocycles. The molecular formula is C16H25N5OS. The lowest BCUT2D eigenvalue weighted by atomic mass is 10.1. The second-order valence-corrected chi connectivity index (χ2v) is 6.69. The Morgan fingerprint density at radius 3 is 2.78 bits per heavy atom. The van der Waals surface area contributed by atoms with Gasteiger partial charge in [0.25, 0.3) is 0 Å². The minimum absolute atomic E-state index is 0.320. The summed E-state index contributed by atoms with van der Waals surface area (Å²) < 4.78 is 5.96. The first-order valence-corrected chi connectivity index (χ1v) is 9.19. The Hall–Kier alpha value is -1.36. The average Bonchev–Trinajstić information content (AvgIpc) is 2.58. The summed E-state index contributed by atoms with van der Waals surface area (Å²) >= 11 is 1.50. The molecule has 1 aliphatic heterocycles. The molecule has 1 saturated heterocycles. The maximum Gasteiger partial charge on any atom is 0.189 e. The minimum Gasteiger partial charge on any atom is -0.378 e. The smallest absolute Gasteiger partial charge is 0.189 e. The molecule has 1 aromatic heterocycles. The predicted octanol–water partition coefficient (Wildman–Crippen LogP) is 2.01. The number of hydrogen-bond donors (Lipinski definition) is 0. The van der Waals surface area contributed by atoms with Crippen molar-refractivity contribution < 1.29 is 4.74 Å². The molecule has 0 radical (unpaired) electrons. The van der Waals surface area contributed by atoms with Crippen molar-refractivity contribution in [3.63, 3.8) is 0 Å². The third kappa shape index (κ3) is 5.34. The van der Waals surface area contributed by atoms with E-state index in [-0.39, 0.29) is 0 Å². The highest BCUT2D eigenvalue weighted by atomic mass is 32.2. The molecule has 126 valence electrons. The Kier molecular flexibility index (Phi) is 7.09. The summed E-state index contributed by atoms with van der Waals surface area (Å²) in [6, 6.07) is 2.20. The van der Waals surface area contributed by atoms with Crippen LogP contribution in [-0.2, 0) is 4.74 Å². The number of rotatable bonds is 7. The van der Waals surface area contributed by atoms with Crippen molar-refractivity contribution in [3.05, 3.63) is 11.8 Å². The monoisotopic (exact) mass is 335 g/mol. The largest absolute Gasteiger partial charge is 0.378 e. The number of thioether (sulfide) groups is 1. The molecule has 1 aromatic rings. The summed E-state index contributed by atoms with van der Waals surface area (Å²) in [5.74, 6) is 0.762. The minimum atomic E-state index is 0.320. The van der Waals surface area contributed by atoms with Gasteiger partial charge in [0.15, 0.2) is 11.0 Å². The van der Waals surface area contributed by atoms with Crippen LogP contribution in [0.5, 0.6) is 0 Å². The summed E-state index contributed by atoms with van der Waals surface area (Å²) in [5, 5.41) is 9.97. The zero-order valence-corrected chi connectivity index (χ0v) is 15.0. The molecule has 1 fully saturated rings. The van der Waals surface area contributed by atoms with E-state index in [0.717, 1.165) is 51.3 Å². The quantitative estimate of drug-likeness (QED) is 0.429. The van der Waals surface area contributed by atoms with Crippen LogP contribution in [0.2, 0.25) is 0 Å². The average molecular weight is 335 g/mol. The van der Waals surface area contributed by atoms with E-state index in [0.29, 0.717) is 16.8 Å². The topological polar surface area (TPSA) is 65.3 Å². The van der Waals surface area contributed by atoms with Gasteiger partial charge in [-0.2, -0.15) is 5.26 Å². The Bertz CT molecular complexity index is 538. The first kappa shape index (κ1) is 18.0. The van der Waals surface area contributed by atoms with Crippen molar-refractivity contribution in [2.45, 2.75) is 30.5 Å². The molecule has 23 heavy (non-hydrogen) atoms. The van der Waals surface area contributed by atoms with Crippen LogP contribution in [0.1, 0.15) is 24.8 Å². The molecule has 0 spiro atoms. The molecule has 6 nitrogen and oxygen atoms in total. The van der Waals surface area contributed by atoms with Gasteiger partial charge in [-0.25, -0.2) is 9.97 Å². The van der Waals surface area contributed by atoms with Gasteiger partial charge in [-0.05, 0) is 46.2 Å². The molecule has 7 heteroatoms. The number of nitrogens with zero attached hydrogens (tertiary/aromatic N) is 5. The first-order chi connectivity index (χ1) is 11.1. The zero-order chi connectivity index (χ0) is 16.7. The Balaban J connectivity index is 1.86. The van der Waals surface area contributed by atoms with Crippen LogP contribution in [0, 0.1) is 11.3 Å². The lowest BCUT2D eigenvalue weighted by molar-refractivity contribution is 0.0332. The van der Waals surface area contributed by atoms with Gasteiger partial charge in [0.05, 0.1) is 12.3 Å². The Morgan fingerprint density at radius 2 is 2.17 bits per heavy atom. The molecule has 0 amide bonds. The fourth-order valence-corrected chi connectivity index (χ4v) is 2.98. The SMILES string of the molecule is CSc1ncc(C#N)c(N2CCC(OCCCN(C)C)CC2)n1. The third-order valence-electron chi connectivity index (χ3n) is 3.89. The van der Waals surface area contributed by atoms with Crippen LogP contribution in [0.15, 0.2) is 11.4 Å². The number of aromatic nitrogens is 2. The summed E-state index contributed by atoms with van der Waals surface area (Å²) in [6.45, 7) is 3.62. The van der Waals surface area contributed by atoms with Gasteiger partial charge in [-0.3, -0.25) is 0 Å². The fraction of sp³-hybridized carbons (Fsp3) is 0.688. The van der Waals surface area contributed by atoms with E-state index >= 15 is 0 Å². The maximum atomic E-state index is 9.26. The Morgan fingerprint density at radius 1 is 1.43 bits per heavy atom. The van der Waals surface area contributed by atoms with E-state index in [9.17, 15) is 5.26 Å². The number of ether oxygens (including phenoxy) is 1. The van der Waals surface area contributed by atoms with Crippen LogP contribution < -0.4 is 4.90 Å². The number of piperidine rings is 1. The van der Waals surface area contributed by atoms with E-state index in [4.69, 9.17) is 4.74 Å². The van der Waals surface area contributed by atoms with Crippen molar-refractivity contribution in [1.29, 1.82) is 5.26 Å². The van der Waals surface area contributed by atoms with Gasteiger partial charge in [-0.1, -0.05) is 11.8 Å². The number of anilines is 1. The molecule has 0 N–H and O–H groups in total. The third-order valence-corrected chi connectivity index (χ3v) is 4.46. The first-order valence-electron chi connectivity index (χ1n) is 7.96. The highest BCUT2D eigenvalue weighted by Gasteiger charge is 2.23.